The maximum Gasteiger partial charge on any atom is 0.338 e. The van der Waals surface area contributed by atoms with Crippen LogP contribution in [0.5, 0.6) is 5.88 Å². The summed E-state index contributed by atoms with van der Waals surface area (Å²) < 4.78 is 22.6. The van der Waals surface area contributed by atoms with Crippen molar-refractivity contribution >= 4 is 27.8 Å². The van der Waals surface area contributed by atoms with Crippen molar-refractivity contribution in [2.45, 2.75) is 17.8 Å². The van der Waals surface area contributed by atoms with Crippen molar-refractivity contribution in [2.24, 2.45) is 0 Å². The van der Waals surface area contributed by atoms with Crippen molar-refractivity contribution in [1.29, 1.82) is 0 Å². The number of nitrogens with one attached hydrogen (secondary N) is 1. The molecule has 0 radical (unpaired) electrons. The van der Waals surface area contributed by atoms with Gasteiger partial charge in [-0.3, -0.25) is 4.21 Å². The minimum Gasteiger partial charge on any atom is -0.481 e. The Morgan fingerprint density at radius 1 is 1.32 bits per heavy atom. The molecule has 0 fully saturated rings. The van der Waals surface area contributed by atoms with Gasteiger partial charge in [0.1, 0.15) is 0 Å². The van der Waals surface area contributed by atoms with E-state index in [1.165, 1.54) is 14.2 Å². The average Bonchev–Trinajstić information content (AvgIpc) is 3.03. The van der Waals surface area contributed by atoms with Gasteiger partial charge in [-0.15, -0.1) is 0 Å². The van der Waals surface area contributed by atoms with Gasteiger partial charge in [0.05, 0.1) is 47.4 Å². The number of esters is 1. The van der Waals surface area contributed by atoms with E-state index in [1.807, 2.05) is 13.0 Å². The van der Waals surface area contributed by atoms with Crippen LogP contribution in [-0.2, 0) is 21.3 Å². The number of benzene rings is 1. The van der Waals surface area contributed by atoms with Crippen molar-refractivity contribution in [3.8, 4) is 5.88 Å². The number of ether oxygens (including phenoxy) is 2. The van der Waals surface area contributed by atoms with Gasteiger partial charge >= 0.3 is 5.97 Å². The zero-order valence-corrected chi connectivity index (χ0v) is 14.8. The standard InChI is InChI=1S/C17H17N3O4S/c1-10-7-13-14(8-12(10)16(21)24-3)20-17(19-13)25(22)9-11-5-4-6-18-15(11)23-2/h4-8H,9H2,1-3H3,(H,19,20). The Labute approximate surface area is 146 Å². The van der Waals surface area contributed by atoms with Gasteiger partial charge in [0.15, 0.2) is 5.16 Å². The highest BCUT2D eigenvalue weighted by Crippen LogP contribution is 2.22. The van der Waals surface area contributed by atoms with E-state index in [2.05, 4.69) is 15.0 Å². The average molecular weight is 359 g/mol. The third-order valence-corrected chi connectivity index (χ3v) is 4.96. The quantitative estimate of drug-likeness (QED) is 0.703. The highest BCUT2D eigenvalue weighted by atomic mass is 32.2. The first kappa shape index (κ1) is 17.1. The van der Waals surface area contributed by atoms with Crippen molar-refractivity contribution in [3.05, 3.63) is 47.2 Å². The van der Waals surface area contributed by atoms with Crippen molar-refractivity contribution in [2.75, 3.05) is 14.2 Å². The van der Waals surface area contributed by atoms with E-state index < -0.39 is 16.8 Å². The second-order valence-electron chi connectivity index (χ2n) is 5.38. The molecule has 1 atom stereocenters. The van der Waals surface area contributed by atoms with Crippen LogP contribution in [0, 0.1) is 6.92 Å². The van der Waals surface area contributed by atoms with Crippen molar-refractivity contribution in [1.82, 2.24) is 15.0 Å². The number of carbonyl (C=O) groups excluding carboxylic acids is 1. The number of imidazole rings is 1. The number of methoxy groups -OCH3 is 2. The molecule has 3 rings (SSSR count). The van der Waals surface area contributed by atoms with Crippen molar-refractivity contribution < 1.29 is 18.5 Å². The Balaban J connectivity index is 1.93. The third-order valence-electron chi connectivity index (χ3n) is 3.76. The summed E-state index contributed by atoms with van der Waals surface area (Å²) in [4.78, 5) is 23.3. The highest BCUT2D eigenvalue weighted by molar-refractivity contribution is 7.84. The molecule has 0 saturated heterocycles. The number of rotatable bonds is 5. The fraction of sp³-hybridized carbons (Fsp3) is 0.235. The Kier molecular flexibility index (Phi) is 4.80. The summed E-state index contributed by atoms with van der Waals surface area (Å²) >= 11 is 0. The summed E-state index contributed by atoms with van der Waals surface area (Å²) in [6.45, 7) is 1.81. The molecule has 0 bridgehead atoms. The molecule has 7 nitrogen and oxygen atoms in total. The Hall–Kier alpha value is -2.74. The van der Waals surface area contributed by atoms with E-state index in [9.17, 15) is 9.00 Å². The second kappa shape index (κ2) is 7.02. The van der Waals surface area contributed by atoms with Gasteiger partial charge in [0.2, 0.25) is 5.88 Å². The first-order valence-corrected chi connectivity index (χ1v) is 8.80. The molecule has 0 aliphatic heterocycles. The van der Waals surface area contributed by atoms with Crippen molar-refractivity contribution in [3.63, 3.8) is 0 Å². The maximum absolute atomic E-state index is 12.7. The lowest BCUT2D eigenvalue weighted by Crippen LogP contribution is -2.03. The van der Waals surface area contributed by atoms with Crippen LogP contribution in [0.15, 0.2) is 35.6 Å². The van der Waals surface area contributed by atoms with Gasteiger partial charge in [-0.1, -0.05) is 6.07 Å². The number of fused-ring (bicyclic) bond motifs is 1. The molecule has 8 heteroatoms. The van der Waals surface area contributed by atoms with Crippen LogP contribution >= 0.6 is 0 Å². The lowest BCUT2D eigenvalue weighted by Gasteiger charge is -2.05. The van der Waals surface area contributed by atoms with E-state index >= 15 is 0 Å². The molecule has 0 spiro atoms. The van der Waals surface area contributed by atoms with E-state index in [0.717, 1.165) is 11.1 Å². The summed E-state index contributed by atoms with van der Waals surface area (Å²) in [5.41, 5.74) is 3.20. The molecule has 1 N–H and O–H groups in total. The number of hydrogen-bond donors (Lipinski definition) is 1. The molecular formula is C17H17N3O4S. The number of aromatic nitrogens is 3. The molecule has 1 aromatic carbocycles. The fourth-order valence-electron chi connectivity index (χ4n) is 2.51. The topological polar surface area (TPSA) is 94.2 Å². The predicted molar refractivity (Wildman–Crippen MR) is 93.1 cm³/mol. The number of carbonyl (C=O) groups is 1. The molecule has 0 amide bonds. The molecule has 25 heavy (non-hydrogen) atoms. The molecular weight excluding hydrogens is 342 g/mol. The number of aromatic amines is 1. The van der Waals surface area contributed by atoms with Crippen LogP contribution < -0.4 is 4.74 Å². The fourth-order valence-corrected chi connectivity index (χ4v) is 3.57. The van der Waals surface area contributed by atoms with Gasteiger partial charge in [0, 0.05) is 11.8 Å². The van der Waals surface area contributed by atoms with Gasteiger partial charge in [-0.25, -0.2) is 14.8 Å². The van der Waals surface area contributed by atoms with Crippen LogP contribution in [0.1, 0.15) is 21.5 Å². The number of aryl methyl sites for hydroxylation is 1. The number of hydrogen-bond acceptors (Lipinski definition) is 6. The summed E-state index contributed by atoms with van der Waals surface area (Å²) in [6, 6.07) is 7.00. The zero-order chi connectivity index (χ0) is 18.0. The minimum absolute atomic E-state index is 0.222. The molecule has 0 aliphatic rings. The van der Waals surface area contributed by atoms with Crippen LogP contribution in [-0.4, -0.2) is 39.3 Å². The molecule has 1 unspecified atom stereocenters. The smallest absolute Gasteiger partial charge is 0.338 e. The molecule has 0 saturated carbocycles. The van der Waals surface area contributed by atoms with Crippen LogP contribution in [0.2, 0.25) is 0 Å². The molecule has 3 aromatic rings. The lowest BCUT2D eigenvalue weighted by atomic mass is 10.1. The summed E-state index contributed by atoms with van der Waals surface area (Å²) in [5.74, 6) is 0.237. The van der Waals surface area contributed by atoms with Crippen LogP contribution in [0.4, 0.5) is 0 Å². The van der Waals surface area contributed by atoms with Gasteiger partial charge in [-0.05, 0) is 30.7 Å². The number of nitrogens with zero attached hydrogens (tertiary/aromatic N) is 2. The van der Waals surface area contributed by atoms with Gasteiger partial charge in [0.25, 0.3) is 0 Å². The first-order valence-electron chi connectivity index (χ1n) is 7.48. The molecule has 130 valence electrons. The SMILES string of the molecule is COC(=O)c1cc2nc(S(=O)Cc3cccnc3OC)[nH]c2cc1C. The van der Waals surface area contributed by atoms with E-state index in [-0.39, 0.29) is 5.75 Å². The summed E-state index contributed by atoms with van der Waals surface area (Å²) in [5, 5.41) is 0.335. The molecule has 0 aliphatic carbocycles. The normalized spacial score (nSPS) is 12.1. The van der Waals surface area contributed by atoms with Gasteiger partial charge < -0.3 is 14.5 Å². The number of pyridine rings is 1. The Morgan fingerprint density at radius 2 is 2.12 bits per heavy atom. The van der Waals surface area contributed by atoms with E-state index in [4.69, 9.17) is 9.47 Å². The highest BCUT2D eigenvalue weighted by Gasteiger charge is 2.17. The Morgan fingerprint density at radius 3 is 2.84 bits per heavy atom. The first-order chi connectivity index (χ1) is 12.0. The maximum atomic E-state index is 12.7. The summed E-state index contributed by atoms with van der Waals surface area (Å²) in [7, 11) is 1.45. The molecule has 2 heterocycles. The lowest BCUT2D eigenvalue weighted by molar-refractivity contribution is 0.0600. The zero-order valence-electron chi connectivity index (χ0n) is 14.0. The van der Waals surface area contributed by atoms with E-state index in [1.54, 1.807) is 24.4 Å². The number of H-pyrrole nitrogens is 1. The van der Waals surface area contributed by atoms with Crippen LogP contribution in [0.3, 0.4) is 0 Å². The monoisotopic (exact) mass is 359 g/mol. The van der Waals surface area contributed by atoms with Crippen LogP contribution in [0.25, 0.3) is 11.0 Å². The molecule has 2 aromatic heterocycles. The third kappa shape index (κ3) is 3.39. The second-order valence-corrected chi connectivity index (χ2v) is 6.75. The summed E-state index contributed by atoms with van der Waals surface area (Å²) in [6.07, 6.45) is 1.61. The predicted octanol–water partition coefficient (Wildman–Crippen LogP) is 2.37. The van der Waals surface area contributed by atoms with Gasteiger partial charge in [-0.2, -0.15) is 0 Å². The Bertz CT molecular complexity index is 968. The van der Waals surface area contributed by atoms with E-state index in [0.29, 0.717) is 27.6 Å². The minimum atomic E-state index is -1.41. The largest absolute Gasteiger partial charge is 0.481 e.